The molecule has 0 unspecified atom stereocenters. The molecule has 0 atom stereocenters. The SMILES string of the molecule is FC(F)=C1OC(C(F)(F)F)(C(F)(F)F)OC1(F)F. The molecule has 0 aromatic rings. The third-order valence-electron chi connectivity index (χ3n) is 1.70. The van der Waals surface area contributed by atoms with Crippen molar-refractivity contribution in [2.24, 2.45) is 0 Å². The summed E-state index contributed by atoms with van der Waals surface area (Å²) in [4.78, 5) is 0. The smallest absolute Gasteiger partial charge is 0.437 e. The second kappa shape index (κ2) is 3.65. The summed E-state index contributed by atoms with van der Waals surface area (Å²) in [6, 6.07) is 0. The summed E-state index contributed by atoms with van der Waals surface area (Å²) in [5.74, 6) is -8.96. The average molecular weight is 294 g/mol. The Bertz CT molecular complexity index is 359. The summed E-state index contributed by atoms with van der Waals surface area (Å²) >= 11 is 0. The molecule has 0 spiro atoms. The average Bonchev–Trinajstić information content (AvgIpc) is 2.35. The van der Waals surface area contributed by atoms with Gasteiger partial charge in [0.15, 0.2) is 0 Å². The van der Waals surface area contributed by atoms with Crippen LogP contribution in [0.4, 0.5) is 43.9 Å². The van der Waals surface area contributed by atoms with Gasteiger partial charge in [-0.3, -0.25) is 4.74 Å². The van der Waals surface area contributed by atoms with E-state index in [2.05, 4.69) is 9.47 Å². The first-order valence-electron chi connectivity index (χ1n) is 3.71. The van der Waals surface area contributed by atoms with Crippen LogP contribution >= 0.6 is 0 Å². The molecule has 1 aliphatic heterocycles. The van der Waals surface area contributed by atoms with Gasteiger partial charge in [-0.25, -0.2) is 0 Å². The molecular formula is C6F10O2. The van der Waals surface area contributed by atoms with Crippen LogP contribution < -0.4 is 0 Å². The second-order valence-electron chi connectivity index (χ2n) is 2.92. The van der Waals surface area contributed by atoms with Crippen molar-refractivity contribution in [1.82, 2.24) is 0 Å². The highest BCUT2D eigenvalue weighted by molar-refractivity contribution is 5.11. The zero-order valence-electron chi connectivity index (χ0n) is 7.60. The van der Waals surface area contributed by atoms with Crippen molar-refractivity contribution >= 4 is 0 Å². The number of ether oxygens (including phenoxy) is 2. The van der Waals surface area contributed by atoms with E-state index in [-0.39, 0.29) is 0 Å². The molecular weight excluding hydrogens is 294 g/mol. The van der Waals surface area contributed by atoms with Crippen molar-refractivity contribution in [3.63, 3.8) is 0 Å². The molecule has 106 valence electrons. The third kappa shape index (κ3) is 1.97. The van der Waals surface area contributed by atoms with Gasteiger partial charge in [-0.05, 0) is 0 Å². The summed E-state index contributed by atoms with van der Waals surface area (Å²) in [6.07, 6.45) is -22.2. The van der Waals surface area contributed by atoms with Crippen LogP contribution in [0.3, 0.4) is 0 Å². The van der Waals surface area contributed by atoms with Gasteiger partial charge >= 0.3 is 30.3 Å². The third-order valence-corrected chi connectivity index (χ3v) is 1.70. The summed E-state index contributed by atoms with van der Waals surface area (Å²) in [6.45, 7) is 0. The highest BCUT2D eigenvalue weighted by Crippen LogP contribution is 2.57. The topological polar surface area (TPSA) is 18.5 Å². The minimum atomic E-state index is -6.54. The predicted molar refractivity (Wildman–Crippen MR) is 31.2 cm³/mol. The molecule has 1 saturated heterocycles. The maximum absolute atomic E-state index is 12.5. The fourth-order valence-electron chi connectivity index (χ4n) is 0.992. The molecule has 18 heavy (non-hydrogen) atoms. The van der Waals surface area contributed by atoms with Gasteiger partial charge in [-0.2, -0.15) is 43.9 Å². The van der Waals surface area contributed by atoms with Crippen LogP contribution in [0.5, 0.6) is 0 Å². The Labute approximate surface area is 90.8 Å². The van der Waals surface area contributed by atoms with Crippen LogP contribution in [0.15, 0.2) is 11.8 Å². The minimum Gasteiger partial charge on any atom is -0.437 e. The fourth-order valence-corrected chi connectivity index (χ4v) is 0.992. The molecule has 12 heteroatoms. The van der Waals surface area contributed by atoms with Crippen LogP contribution in [-0.4, -0.2) is 24.2 Å². The summed E-state index contributed by atoms with van der Waals surface area (Å²) in [5, 5.41) is 0. The zero-order chi connectivity index (χ0) is 14.6. The van der Waals surface area contributed by atoms with E-state index in [1.807, 2.05) is 0 Å². The van der Waals surface area contributed by atoms with E-state index in [1.165, 1.54) is 0 Å². The number of halogens is 10. The fraction of sp³-hybridized carbons (Fsp3) is 0.667. The Kier molecular flexibility index (Phi) is 3.01. The number of rotatable bonds is 0. The van der Waals surface area contributed by atoms with Crippen molar-refractivity contribution in [3.8, 4) is 0 Å². The van der Waals surface area contributed by atoms with Gasteiger partial charge in [-0.1, -0.05) is 0 Å². The van der Waals surface area contributed by atoms with E-state index < -0.39 is 36.1 Å². The molecule has 1 rings (SSSR count). The molecule has 0 aromatic heterocycles. The lowest BCUT2D eigenvalue weighted by molar-refractivity contribution is -0.460. The Morgan fingerprint density at radius 2 is 1.28 bits per heavy atom. The van der Waals surface area contributed by atoms with Gasteiger partial charge in [0.1, 0.15) is 0 Å². The van der Waals surface area contributed by atoms with Gasteiger partial charge in [0.25, 0.3) is 5.76 Å². The first-order valence-corrected chi connectivity index (χ1v) is 3.71. The monoisotopic (exact) mass is 294 g/mol. The van der Waals surface area contributed by atoms with E-state index in [1.54, 1.807) is 0 Å². The Balaban J connectivity index is 3.43. The Morgan fingerprint density at radius 3 is 1.44 bits per heavy atom. The predicted octanol–water partition coefficient (Wildman–Crippen LogP) is 3.55. The molecule has 0 aromatic carbocycles. The van der Waals surface area contributed by atoms with Crippen molar-refractivity contribution in [2.45, 2.75) is 24.2 Å². The van der Waals surface area contributed by atoms with Crippen LogP contribution in [0, 0.1) is 0 Å². The van der Waals surface area contributed by atoms with Crippen molar-refractivity contribution < 1.29 is 53.4 Å². The largest absolute Gasteiger partial charge is 0.465 e. The van der Waals surface area contributed by atoms with Gasteiger partial charge in [0.05, 0.1) is 0 Å². The molecule has 1 heterocycles. The highest BCUT2D eigenvalue weighted by Gasteiger charge is 2.83. The molecule has 0 N–H and O–H groups in total. The summed E-state index contributed by atoms with van der Waals surface area (Å²) < 4.78 is 126. The molecule has 0 aliphatic carbocycles. The van der Waals surface area contributed by atoms with Crippen LogP contribution in [0.2, 0.25) is 0 Å². The van der Waals surface area contributed by atoms with Crippen LogP contribution in [0.25, 0.3) is 0 Å². The van der Waals surface area contributed by atoms with Gasteiger partial charge in [-0.15, -0.1) is 0 Å². The number of alkyl halides is 8. The van der Waals surface area contributed by atoms with E-state index >= 15 is 0 Å². The molecule has 0 amide bonds. The zero-order valence-corrected chi connectivity index (χ0v) is 7.60. The van der Waals surface area contributed by atoms with Gasteiger partial charge in [0, 0.05) is 0 Å². The Hall–Kier alpha value is -1.20. The molecule has 2 nitrogen and oxygen atoms in total. The van der Waals surface area contributed by atoms with Crippen molar-refractivity contribution in [2.75, 3.05) is 0 Å². The number of hydrogen-bond acceptors (Lipinski definition) is 2. The molecule has 0 radical (unpaired) electrons. The maximum atomic E-state index is 12.5. The van der Waals surface area contributed by atoms with Crippen LogP contribution in [0.1, 0.15) is 0 Å². The maximum Gasteiger partial charge on any atom is 0.465 e. The molecule has 0 saturated carbocycles. The van der Waals surface area contributed by atoms with E-state index in [4.69, 9.17) is 0 Å². The van der Waals surface area contributed by atoms with E-state index in [0.29, 0.717) is 0 Å². The van der Waals surface area contributed by atoms with E-state index in [9.17, 15) is 43.9 Å². The Morgan fingerprint density at radius 1 is 0.889 bits per heavy atom. The molecule has 0 bridgehead atoms. The normalized spacial score (nSPS) is 22.9. The highest BCUT2D eigenvalue weighted by atomic mass is 19.4. The van der Waals surface area contributed by atoms with Crippen molar-refractivity contribution in [1.29, 1.82) is 0 Å². The standard InChI is InChI=1S/C6F10O2/c7-2(8)1-3(9,10)18-4(17-1,5(11,12)13)6(14,15)16. The lowest BCUT2D eigenvalue weighted by Gasteiger charge is -2.30. The summed E-state index contributed by atoms with van der Waals surface area (Å²) in [7, 11) is 0. The van der Waals surface area contributed by atoms with Gasteiger partial charge < -0.3 is 4.74 Å². The van der Waals surface area contributed by atoms with Gasteiger partial charge in [0.2, 0.25) is 0 Å². The minimum absolute atomic E-state index is 2.40. The first kappa shape index (κ1) is 14.9. The lowest BCUT2D eigenvalue weighted by Crippen LogP contribution is -2.58. The quantitative estimate of drug-likeness (QED) is 0.636. The lowest BCUT2D eigenvalue weighted by atomic mass is 10.2. The van der Waals surface area contributed by atoms with Crippen molar-refractivity contribution in [3.05, 3.63) is 11.8 Å². The van der Waals surface area contributed by atoms with E-state index in [0.717, 1.165) is 0 Å². The molecule has 1 aliphatic rings. The molecule has 1 fully saturated rings. The first-order chi connectivity index (χ1) is 7.75. The van der Waals surface area contributed by atoms with Crippen LogP contribution in [-0.2, 0) is 9.47 Å². The summed E-state index contributed by atoms with van der Waals surface area (Å²) in [5.41, 5.74) is 0. The number of hydrogen-bond donors (Lipinski definition) is 0. The second-order valence-corrected chi connectivity index (χ2v) is 2.92.